The summed E-state index contributed by atoms with van der Waals surface area (Å²) in [5.74, 6) is -0.529. The fourth-order valence-electron chi connectivity index (χ4n) is 3.68. The molecule has 1 amide bonds. The topological polar surface area (TPSA) is 82.0 Å². The second kappa shape index (κ2) is 9.45. The summed E-state index contributed by atoms with van der Waals surface area (Å²) in [5.41, 5.74) is 2.24. The first-order valence-electron chi connectivity index (χ1n) is 9.76. The Morgan fingerprint density at radius 1 is 1.29 bits per heavy atom. The van der Waals surface area contributed by atoms with E-state index in [0.717, 1.165) is 42.6 Å². The number of methoxy groups -OCH3 is 1. The molecule has 28 heavy (non-hydrogen) atoms. The molecular weight excluding hydrogens is 378 g/mol. The van der Waals surface area contributed by atoms with E-state index in [-0.39, 0.29) is 12.5 Å². The maximum Gasteiger partial charge on any atom is 0.350 e. The number of amides is 1. The zero-order valence-electron chi connectivity index (χ0n) is 16.7. The summed E-state index contributed by atoms with van der Waals surface area (Å²) in [6.07, 6.45) is 3.54. The van der Waals surface area contributed by atoms with Crippen LogP contribution in [0.4, 0.5) is 5.69 Å². The molecule has 152 valence electrons. The van der Waals surface area contributed by atoms with Crippen LogP contribution >= 0.6 is 11.3 Å². The largest absolute Gasteiger partial charge is 0.462 e. The van der Waals surface area contributed by atoms with Gasteiger partial charge in [-0.3, -0.25) is 4.79 Å². The Morgan fingerprint density at radius 2 is 2.04 bits per heavy atom. The van der Waals surface area contributed by atoms with Crippen molar-refractivity contribution in [1.29, 1.82) is 0 Å². The van der Waals surface area contributed by atoms with Crippen molar-refractivity contribution in [2.75, 3.05) is 38.7 Å². The van der Waals surface area contributed by atoms with Gasteiger partial charge in [-0.05, 0) is 44.7 Å². The van der Waals surface area contributed by atoms with Crippen molar-refractivity contribution in [3.05, 3.63) is 22.2 Å². The number of hydrogen-bond acceptors (Lipinski definition) is 6. The highest BCUT2D eigenvalue weighted by Crippen LogP contribution is 2.38. The second-order valence-electron chi connectivity index (χ2n) is 7.10. The number of carbonyl (C=O) groups is 2. The second-order valence-corrected chi connectivity index (χ2v) is 8.10. The number of aromatic nitrogens is 1. The van der Waals surface area contributed by atoms with Gasteiger partial charge in [-0.15, -0.1) is 11.3 Å². The normalized spacial score (nSPS) is 15.0. The number of likely N-dealkylation sites (tertiary alicyclic amines) is 1. The molecule has 8 heteroatoms. The number of ether oxygens (including phenoxy) is 2. The summed E-state index contributed by atoms with van der Waals surface area (Å²) in [6, 6.07) is 1.93. The van der Waals surface area contributed by atoms with E-state index in [1.165, 1.54) is 22.7 Å². The third-order valence-corrected chi connectivity index (χ3v) is 5.93. The van der Waals surface area contributed by atoms with E-state index in [2.05, 4.69) is 10.3 Å². The standard InChI is InChI=1S/C20H27N3O4S/c1-4-27-20(25)18-17(22-15(24)11-23-8-6-5-7-9-23)16-14(12-26-3)10-13(2)21-19(16)28-18/h10H,4-9,11-12H2,1-3H3,(H,22,24)/p+1. The van der Waals surface area contributed by atoms with Crippen LogP contribution in [0.2, 0.25) is 0 Å². The first kappa shape index (κ1) is 20.7. The van der Waals surface area contributed by atoms with Crippen LogP contribution in [0.15, 0.2) is 6.07 Å². The quantitative estimate of drug-likeness (QED) is 0.687. The lowest BCUT2D eigenvalue weighted by atomic mass is 10.1. The van der Waals surface area contributed by atoms with E-state index >= 15 is 0 Å². The SMILES string of the molecule is CCOC(=O)c1sc2nc(C)cc(COC)c2c1NC(=O)C[NH+]1CCCCC1. The fraction of sp³-hybridized carbons (Fsp3) is 0.550. The van der Waals surface area contributed by atoms with Gasteiger partial charge in [-0.25, -0.2) is 9.78 Å². The van der Waals surface area contributed by atoms with E-state index < -0.39 is 5.97 Å². The molecule has 2 aromatic rings. The molecule has 0 aliphatic carbocycles. The van der Waals surface area contributed by atoms with Gasteiger partial charge in [0, 0.05) is 18.2 Å². The molecule has 0 saturated carbocycles. The van der Waals surface area contributed by atoms with Gasteiger partial charge in [0.05, 0.1) is 32.0 Å². The minimum atomic E-state index is -0.438. The summed E-state index contributed by atoms with van der Waals surface area (Å²) in [5, 5.41) is 3.76. The molecule has 2 N–H and O–H groups in total. The monoisotopic (exact) mass is 406 g/mol. The van der Waals surface area contributed by atoms with E-state index in [1.54, 1.807) is 14.0 Å². The number of esters is 1. The van der Waals surface area contributed by atoms with Crippen molar-refractivity contribution < 1.29 is 24.0 Å². The summed E-state index contributed by atoms with van der Waals surface area (Å²) in [7, 11) is 1.62. The molecule has 1 aliphatic heterocycles. The number of thiophene rings is 1. The number of nitrogens with one attached hydrogen (secondary N) is 2. The summed E-state index contributed by atoms with van der Waals surface area (Å²) in [6.45, 7) is 6.74. The molecular formula is C20H28N3O4S+. The first-order valence-corrected chi connectivity index (χ1v) is 10.6. The van der Waals surface area contributed by atoms with Crippen LogP contribution in [-0.4, -0.2) is 50.2 Å². The van der Waals surface area contributed by atoms with Gasteiger partial charge in [-0.1, -0.05) is 0 Å². The number of hydrogen-bond donors (Lipinski definition) is 2. The van der Waals surface area contributed by atoms with Crippen molar-refractivity contribution in [2.45, 2.75) is 39.7 Å². The molecule has 3 rings (SSSR count). The van der Waals surface area contributed by atoms with Gasteiger partial charge in [0.1, 0.15) is 9.71 Å². The van der Waals surface area contributed by atoms with Gasteiger partial charge in [0.2, 0.25) is 0 Å². The van der Waals surface area contributed by atoms with Crippen molar-refractivity contribution >= 4 is 39.1 Å². The number of nitrogens with zero attached hydrogens (tertiary/aromatic N) is 1. The Labute approximate surface area is 169 Å². The maximum atomic E-state index is 12.8. The minimum absolute atomic E-state index is 0.0916. The Balaban J connectivity index is 1.97. The lowest BCUT2D eigenvalue weighted by Gasteiger charge is -2.22. The third kappa shape index (κ3) is 4.68. The van der Waals surface area contributed by atoms with Crippen LogP contribution in [0.5, 0.6) is 0 Å². The average Bonchev–Trinajstić information content (AvgIpc) is 3.01. The number of piperidine rings is 1. The van der Waals surface area contributed by atoms with Gasteiger partial charge < -0.3 is 19.7 Å². The Bertz CT molecular complexity index is 859. The molecule has 0 unspecified atom stereocenters. The molecule has 1 fully saturated rings. The number of carbonyl (C=O) groups excluding carboxylic acids is 2. The Morgan fingerprint density at radius 3 is 2.71 bits per heavy atom. The van der Waals surface area contributed by atoms with Crippen LogP contribution in [-0.2, 0) is 20.9 Å². The van der Waals surface area contributed by atoms with Crippen LogP contribution in [0, 0.1) is 6.92 Å². The number of quaternary nitrogens is 1. The lowest BCUT2D eigenvalue weighted by molar-refractivity contribution is -0.896. The molecule has 7 nitrogen and oxygen atoms in total. The minimum Gasteiger partial charge on any atom is -0.462 e. The molecule has 0 radical (unpaired) electrons. The highest BCUT2D eigenvalue weighted by atomic mass is 32.1. The summed E-state index contributed by atoms with van der Waals surface area (Å²) >= 11 is 1.25. The molecule has 3 heterocycles. The average molecular weight is 407 g/mol. The highest BCUT2D eigenvalue weighted by molar-refractivity contribution is 7.21. The Kier molecular flexibility index (Phi) is 6.98. The molecule has 0 aromatic carbocycles. The van der Waals surface area contributed by atoms with Crippen molar-refractivity contribution in [3.63, 3.8) is 0 Å². The molecule has 0 spiro atoms. The predicted octanol–water partition coefficient (Wildman–Crippen LogP) is 1.94. The molecule has 0 atom stereocenters. The van der Waals surface area contributed by atoms with Gasteiger partial charge in [-0.2, -0.15) is 0 Å². The lowest BCUT2D eigenvalue weighted by Crippen LogP contribution is -3.13. The highest BCUT2D eigenvalue weighted by Gasteiger charge is 2.26. The van der Waals surface area contributed by atoms with Crippen molar-refractivity contribution in [1.82, 2.24) is 4.98 Å². The fourth-order valence-corrected chi connectivity index (χ4v) is 4.80. The van der Waals surface area contributed by atoms with E-state index in [0.29, 0.717) is 28.5 Å². The van der Waals surface area contributed by atoms with E-state index in [1.807, 2.05) is 13.0 Å². The van der Waals surface area contributed by atoms with Crippen molar-refractivity contribution in [3.8, 4) is 0 Å². The van der Waals surface area contributed by atoms with E-state index in [9.17, 15) is 9.59 Å². The predicted molar refractivity (Wildman–Crippen MR) is 109 cm³/mol. The zero-order chi connectivity index (χ0) is 20.1. The number of fused-ring (bicyclic) bond motifs is 1. The van der Waals surface area contributed by atoms with Crippen LogP contribution in [0.1, 0.15) is 47.1 Å². The summed E-state index contributed by atoms with van der Waals surface area (Å²) < 4.78 is 10.5. The van der Waals surface area contributed by atoms with Gasteiger partial charge in [0.25, 0.3) is 5.91 Å². The number of pyridine rings is 1. The first-order chi connectivity index (χ1) is 13.5. The third-order valence-electron chi connectivity index (χ3n) is 4.87. The number of anilines is 1. The molecule has 1 saturated heterocycles. The molecule has 1 aliphatic rings. The summed E-state index contributed by atoms with van der Waals surface area (Å²) in [4.78, 5) is 32.2. The van der Waals surface area contributed by atoms with Crippen LogP contribution in [0.25, 0.3) is 10.2 Å². The maximum absolute atomic E-state index is 12.8. The van der Waals surface area contributed by atoms with Crippen LogP contribution in [0.3, 0.4) is 0 Å². The zero-order valence-corrected chi connectivity index (χ0v) is 17.5. The van der Waals surface area contributed by atoms with Gasteiger partial charge >= 0.3 is 5.97 Å². The number of rotatable bonds is 7. The molecule has 2 aromatic heterocycles. The van der Waals surface area contributed by atoms with E-state index in [4.69, 9.17) is 9.47 Å². The molecule has 0 bridgehead atoms. The smallest absolute Gasteiger partial charge is 0.350 e. The van der Waals surface area contributed by atoms with Crippen LogP contribution < -0.4 is 10.2 Å². The van der Waals surface area contributed by atoms with Gasteiger partial charge in [0.15, 0.2) is 6.54 Å². The van der Waals surface area contributed by atoms with Crippen molar-refractivity contribution in [2.24, 2.45) is 0 Å². The number of aryl methyl sites for hydroxylation is 1. The Hall–Kier alpha value is -2.03.